The maximum absolute atomic E-state index is 11.9. The Morgan fingerprint density at radius 2 is 2.18 bits per heavy atom. The van der Waals surface area contributed by atoms with E-state index in [2.05, 4.69) is 5.32 Å². The average molecular weight is 237 g/mol. The van der Waals surface area contributed by atoms with Gasteiger partial charge in [-0.05, 0) is 18.6 Å². The van der Waals surface area contributed by atoms with Crippen LogP contribution in [-0.2, 0) is 0 Å². The van der Waals surface area contributed by atoms with Crippen molar-refractivity contribution in [3.63, 3.8) is 0 Å². The van der Waals surface area contributed by atoms with Gasteiger partial charge in [-0.1, -0.05) is 19.1 Å². The van der Waals surface area contributed by atoms with Crippen LogP contribution < -0.4 is 16.0 Å². The first-order chi connectivity index (χ1) is 8.20. The molecule has 0 aliphatic rings. The molecule has 1 aromatic rings. The minimum absolute atomic E-state index is 0.103. The number of para-hydroxylation sites is 2. The van der Waals surface area contributed by atoms with Crippen LogP contribution in [0.3, 0.4) is 0 Å². The van der Waals surface area contributed by atoms with Crippen LogP contribution in [0, 0.1) is 0 Å². The number of hydrogen-bond acceptors (Lipinski definition) is 3. The number of nitrogens with two attached hydrogens (primary N) is 1. The van der Waals surface area contributed by atoms with E-state index in [0.29, 0.717) is 17.9 Å². The Morgan fingerprint density at radius 1 is 1.47 bits per heavy atom. The molecule has 0 saturated carbocycles. The van der Waals surface area contributed by atoms with Gasteiger partial charge in [-0.2, -0.15) is 0 Å². The minimum Gasteiger partial charge on any atom is -0.397 e. The van der Waals surface area contributed by atoms with Crippen molar-refractivity contribution in [1.82, 2.24) is 5.32 Å². The Hall–Kier alpha value is -1.75. The fourth-order valence-electron chi connectivity index (χ4n) is 1.49. The fourth-order valence-corrected chi connectivity index (χ4v) is 1.49. The summed E-state index contributed by atoms with van der Waals surface area (Å²) in [5.74, 6) is 0. The summed E-state index contributed by atoms with van der Waals surface area (Å²) in [6.07, 6.45) is 0.864. The van der Waals surface area contributed by atoms with Gasteiger partial charge in [0.25, 0.3) is 0 Å². The summed E-state index contributed by atoms with van der Waals surface area (Å²) >= 11 is 0. The van der Waals surface area contributed by atoms with Crippen molar-refractivity contribution in [2.45, 2.75) is 13.3 Å². The Morgan fingerprint density at radius 3 is 2.76 bits per heavy atom. The predicted octanol–water partition coefficient (Wildman–Crippen LogP) is 1.19. The quantitative estimate of drug-likeness (QED) is 0.673. The van der Waals surface area contributed by atoms with E-state index < -0.39 is 0 Å². The van der Waals surface area contributed by atoms with Crippen molar-refractivity contribution in [2.24, 2.45) is 0 Å². The molecule has 0 aromatic heterocycles. The molecule has 94 valence electrons. The van der Waals surface area contributed by atoms with Crippen molar-refractivity contribution in [1.29, 1.82) is 0 Å². The molecule has 0 spiro atoms. The second-order valence-corrected chi connectivity index (χ2v) is 3.67. The highest BCUT2D eigenvalue weighted by Crippen LogP contribution is 2.22. The number of anilines is 2. The number of nitrogens with zero attached hydrogens (tertiary/aromatic N) is 1. The molecule has 0 bridgehead atoms. The fraction of sp³-hybridized carbons (Fsp3) is 0.417. The van der Waals surface area contributed by atoms with E-state index in [0.717, 1.165) is 6.42 Å². The highest BCUT2D eigenvalue weighted by Gasteiger charge is 2.16. The number of rotatable bonds is 5. The van der Waals surface area contributed by atoms with Gasteiger partial charge < -0.3 is 16.2 Å². The number of nitrogen functional groups attached to an aromatic ring is 1. The van der Waals surface area contributed by atoms with Crippen LogP contribution in [-0.4, -0.2) is 30.8 Å². The van der Waals surface area contributed by atoms with Crippen molar-refractivity contribution < 1.29 is 9.90 Å². The minimum atomic E-state index is -0.237. The van der Waals surface area contributed by atoms with Crippen LogP contribution in [0.25, 0.3) is 0 Å². The third-order valence-corrected chi connectivity index (χ3v) is 2.32. The molecule has 0 unspecified atom stereocenters. The molecule has 5 heteroatoms. The van der Waals surface area contributed by atoms with Crippen LogP contribution in [0.2, 0.25) is 0 Å². The topological polar surface area (TPSA) is 78.6 Å². The highest BCUT2D eigenvalue weighted by molar-refractivity contribution is 5.95. The number of hydrogen-bond donors (Lipinski definition) is 3. The molecule has 0 aliphatic carbocycles. The highest BCUT2D eigenvalue weighted by atomic mass is 16.3. The van der Waals surface area contributed by atoms with Gasteiger partial charge in [-0.25, -0.2) is 4.79 Å². The summed E-state index contributed by atoms with van der Waals surface area (Å²) in [4.78, 5) is 13.3. The number of carbonyl (C=O) groups is 1. The maximum atomic E-state index is 11.9. The second kappa shape index (κ2) is 6.75. The molecular weight excluding hydrogens is 218 g/mol. The molecule has 0 radical (unpaired) electrons. The lowest BCUT2D eigenvalue weighted by Gasteiger charge is -2.23. The van der Waals surface area contributed by atoms with Crippen LogP contribution in [0.5, 0.6) is 0 Å². The average Bonchev–Trinajstić information content (AvgIpc) is 2.34. The Labute approximate surface area is 101 Å². The van der Waals surface area contributed by atoms with E-state index in [9.17, 15) is 4.79 Å². The van der Waals surface area contributed by atoms with Gasteiger partial charge in [0.2, 0.25) is 0 Å². The Bertz CT molecular complexity index is 369. The van der Waals surface area contributed by atoms with Crippen LogP contribution in [0.4, 0.5) is 16.2 Å². The van der Waals surface area contributed by atoms with Crippen molar-refractivity contribution in [2.75, 3.05) is 30.3 Å². The zero-order chi connectivity index (χ0) is 12.7. The number of urea groups is 1. The molecule has 0 atom stereocenters. The molecule has 0 aliphatic heterocycles. The Balaban J connectivity index is 2.85. The molecule has 1 aromatic carbocycles. The van der Waals surface area contributed by atoms with Gasteiger partial charge in [0.15, 0.2) is 0 Å². The normalized spacial score (nSPS) is 10.0. The van der Waals surface area contributed by atoms with Crippen molar-refractivity contribution >= 4 is 17.4 Å². The van der Waals surface area contributed by atoms with Gasteiger partial charge in [0, 0.05) is 6.54 Å². The largest absolute Gasteiger partial charge is 0.397 e. The van der Waals surface area contributed by atoms with E-state index in [-0.39, 0.29) is 19.2 Å². The summed E-state index contributed by atoms with van der Waals surface area (Å²) in [7, 11) is 0. The number of aliphatic hydroxyl groups excluding tert-OH is 1. The summed E-state index contributed by atoms with van der Waals surface area (Å²) in [6, 6.07) is 6.87. The van der Waals surface area contributed by atoms with Gasteiger partial charge in [-0.3, -0.25) is 4.90 Å². The predicted molar refractivity (Wildman–Crippen MR) is 69.0 cm³/mol. The van der Waals surface area contributed by atoms with E-state index in [1.165, 1.54) is 4.90 Å². The zero-order valence-electron chi connectivity index (χ0n) is 10.0. The molecule has 2 amide bonds. The van der Waals surface area contributed by atoms with Gasteiger partial charge in [0.1, 0.15) is 0 Å². The molecule has 0 saturated heterocycles. The lowest BCUT2D eigenvalue weighted by atomic mass is 10.2. The van der Waals surface area contributed by atoms with Gasteiger partial charge in [0.05, 0.1) is 24.5 Å². The molecular formula is C12H19N3O2. The van der Waals surface area contributed by atoms with Crippen molar-refractivity contribution in [3.05, 3.63) is 24.3 Å². The smallest absolute Gasteiger partial charge is 0.322 e. The molecule has 17 heavy (non-hydrogen) atoms. The first-order valence-electron chi connectivity index (χ1n) is 5.71. The number of amides is 2. The Kier molecular flexibility index (Phi) is 5.29. The summed E-state index contributed by atoms with van der Waals surface area (Å²) in [6.45, 7) is 2.71. The zero-order valence-corrected chi connectivity index (χ0v) is 10.0. The summed E-state index contributed by atoms with van der Waals surface area (Å²) < 4.78 is 0. The number of nitrogens with one attached hydrogen (secondary N) is 1. The first-order valence-corrected chi connectivity index (χ1v) is 5.71. The van der Waals surface area contributed by atoms with Crippen molar-refractivity contribution in [3.8, 4) is 0 Å². The number of benzene rings is 1. The SMILES string of the molecule is CCCNC(=O)N(CCO)c1ccccc1N. The van der Waals surface area contributed by atoms with Crippen LogP contribution in [0.15, 0.2) is 24.3 Å². The number of aliphatic hydroxyl groups is 1. The third-order valence-electron chi connectivity index (χ3n) is 2.32. The van der Waals surface area contributed by atoms with Gasteiger partial charge >= 0.3 is 6.03 Å². The summed E-state index contributed by atoms with van der Waals surface area (Å²) in [5.41, 5.74) is 6.96. The third kappa shape index (κ3) is 3.64. The molecule has 1 rings (SSSR count). The first kappa shape index (κ1) is 13.3. The molecule has 0 heterocycles. The van der Waals surface area contributed by atoms with E-state index in [4.69, 9.17) is 10.8 Å². The van der Waals surface area contributed by atoms with E-state index in [1.54, 1.807) is 18.2 Å². The van der Waals surface area contributed by atoms with Crippen LogP contribution in [0.1, 0.15) is 13.3 Å². The standard InChI is InChI=1S/C12H19N3O2/c1-2-7-14-12(17)15(8-9-16)11-6-4-3-5-10(11)13/h3-6,16H,2,7-9,13H2,1H3,(H,14,17). The second-order valence-electron chi connectivity index (χ2n) is 3.67. The molecule has 0 fully saturated rings. The molecule has 4 N–H and O–H groups in total. The molecule has 5 nitrogen and oxygen atoms in total. The van der Waals surface area contributed by atoms with E-state index >= 15 is 0 Å². The maximum Gasteiger partial charge on any atom is 0.322 e. The number of carbonyl (C=O) groups excluding carboxylic acids is 1. The summed E-state index contributed by atoms with van der Waals surface area (Å²) in [5, 5.41) is 11.8. The van der Waals surface area contributed by atoms with E-state index in [1.807, 2.05) is 13.0 Å². The van der Waals surface area contributed by atoms with Gasteiger partial charge in [-0.15, -0.1) is 0 Å². The van der Waals surface area contributed by atoms with Crippen LogP contribution >= 0.6 is 0 Å². The lowest BCUT2D eigenvalue weighted by Crippen LogP contribution is -2.42. The lowest BCUT2D eigenvalue weighted by molar-refractivity contribution is 0.242. The monoisotopic (exact) mass is 237 g/mol.